The minimum atomic E-state index is -1.81. The third-order valence-corrected chi connectivity index (χ3v) is 5.56. The molecule has 4 rings (SSSR count). The fourth-order valence-electron chi connectivity index (χ4n) is 3.16. The summed E-state index contributed by atoms with van der Waals surface area (Å²) >= 11 is 1.56. The van der Waals surface area contributed by atoms with E-state index in [0.29, 0.717) is 28.0 Å². The average molecular weight is 423 g/mol. The van der Waals surface area contributed by atoms with Gasteiger partial charge in [0.15, 0.2) is 17.5 Å². The third-order valence-electron chi connectivity index (χ3n) is 4.62. The van der Waals surface area contributed by atoms with E-state index in [1.165, 1.54) is 0 Å². The number of thiazole rings is 1. The predicted octanol–water partition coefficient (Wildman–Crippen LogP) is 3.55. The van der Waals surface area contributed by atoms with Gasteiger partial charge in [0.05, 0.1) is 15.2 Å². The second kappa shape index (κ2) is 7.36. The summed E-state index contributed by atoms with van der Waals surface area (Å²) < 4.78 is 6.92. The Labute approximate surface area is 174 Å². The summed E-state index contributed by atoms with van der Waals surface area (Å²) in [6.07, 6.45) is 0. The molecule has 4 N–H and O–H groups in total. The molecule has 0 aliphatic rings. The molecule has 0 aliphatic carbocycles. The molecule has 0 fully saturated rings. The number of hydrogen-bond acceptors (Lipinski definition) is 8. The van der Waals surface area contributed by atoms with Gasteiger partial charge in [-0.2, -0.15) is 0 Å². The van der Waals surface area contributed by atoms with Crippen molar-refractivity contribution in [3.05, 3.63) is 52.8 Å². The molecule has 0 radical (unpaired) electrons. The van der Waals surface area contributed by atoms with Crippen LogP contribution < -0.4 is 10.5 Å². The third kappa shape index (κ3) is 3.44. The second-order valence-electron chi connectivity index (χ2n) is 6.75. The Bertz CT molecular complexity index is 1330. The molecule has 1 unspecified atom stereocenters. The molecule has 0 bridgehead atoms. The van der Waals surface area contributed by atoms with Gasteiger partial charge in [-0.3, -0.25) is 9.59 Å². The normalized spacial score (nSPS) is 12.2. The molecule has 0 amide bonds. The summed E-state index contributed by atoms with van der Waals surface area (Å²) in [5.74, 6) is -1.87. The van der Waals surface area contributed by atoms with Gasteiger partial charge in [-0.25, -0.2) is 9.97 Å². The van der Waals surface area contributed by atoms with Crippen LogP contribution in [0.1, 0.15) is 21.2 Å². The maximum Gasteiger partial charge on any atom is 0.328 e. The minimum Gasteiger partial charge on any atom is -0.505 e. The molecule has 152 valence electrons. The topological polar surface area (TPSA) is 136 Å². The minimum absolute atomic E-state index is 0.315. The average Bonchev–Trinajstić information content (AvgIpc) is 3.08. The molecule has 0 saturated carbocycles. The summed E-state index contributed by atoms with van der Waals surface area (Å²) in [5.41, 5.74) is 6.37. The van der Waals surface area contributed by atoms with Crippen LogP contribution in [0.2, 0.25) is 0 Å². The molecule has 2 aromatic heterocycles. The van der Waals surface area contributed by atoms with Gasteiger partial charge >= 0.3 is 5.97 Å². The summed E-state index contributed by atoms with van der Waals surface area (Å²) in [5, 5.41) is 21.5. The van der Waals surface area contributed by atoms with E-state index in [4.69, 9.17) is 15.6 Å². The van der Waals surface area contributed by atoms with E-state index in [0.717, 1.165) is 15.2 Å². The number of aromatic nitrogens is 2. The van der Waals surface area contributed by atoms with Crippen LogP contribution in [0.4, 0.5) is 0 Å². The number of ether oxygens (including phenoxy) is 1. The Balaban J connectivity index is 1.75. The highest BCUT2D eigenvalue weighted by atomic mass is 32.1. The van der Waals surface area contributed by atoms with Crippen molar-refractivity contribution in [1.29, 1.82) is 0 Å². The number of aromatic hydroxyl groups is 1. The number of hydrogen-bond donors (Lipinski definition) is 3. The van der Waals surface area contributed by atoms with E-state index in [2.05, 4.69) is 9.97 Å². The highest BCUT2D eigenvalue weighted by Gasteiger charge is 2.28. The number of nitrogens with zero attached hydrogens (tertiary/aromatic N) is 2. The van der Waals surface area contributed by atoms with Gasteiger partial charge in [-0.05, 0) is 44.2 Å². The number of ketones is 1. The molecule has 4 aromatic rings. The highest BCUT2D eigenvalue weighted by molar-refractivity contribution is 7.18. The predicted molar refractivity (Wildman–Crippen MR) is 113 cm³/mol. The second-order valence-corrected chi connectivity index (χ2v) is 7.98. The number of rotatable bonds is 5. The SMILES string of the molecule is Cc1nc2ccc(Oc3ccc4c(C)nc(C(=O)C(N)C(=O)O)c(O)c4c3)cc2s1. The monoisotopic (exact) mass is 423 g/mol. The summed E-state index contributed by atoms with van der Waals surface area (Å²) in [6, 6.07) is 8.74. The van der Waals surface area contributed by atoms with Crippen molar-refractivity contribution in [3.63, 3.8) is 0 Å². The zero-order chi connectivity index (χ0) is 21.6. The first-order valence-electron chi connectivity index (χ1n) is 8.95. The van der Waals surface area contributed by atoms with Crippen molar-refractivity contribution in [1.82, 2.24) is 9.97 Å². The van der Waals surface area contributed by atoms with Crippen LogP contribution in [0.25, 0.3) is 21.0 Å². The number of carboxylic acid groups (broad SMARTS) is 1. The number of fused-ring (bicyclic) bond motifs is 2. The van der Waals surface area contributed by atoms with Crippen LogP contribution in [-0.2, 0) is 4.79 Å². The van der Waals surface area contributed by atoms with Crippen LogP contribution in [-0.4, -0.2) is 38.0 Å². The maximum absolute atomic E-state index is 12.3. The Morgan fingerprint density at radius 1 is 1.07 bits per heavy atom. The van der Waals surface area contributed by atoms with Crippen molar-refractivity contribution in [3.8, 4) is 17.2 Å². The molecule has 2 heterocycles. The lowest BCUT2D eigenvalue weighted by atomic mass is 10.0. The summed E-state index contributed by atoms with van der Waals surface area (Å²) in [6.45, 7) is 3.59. The first-order valence-corrected chi connectivity index (χ1v) is 9.77. The zero-order valence-electron chi connectivity index (χ0n) is 16.0. The summed E-state index contributed by atoms with van der Waals surface area (Å²) in [7, 11) is 0. The number of Topliss-reactive ketones (excluding diaryl/α,β-unsaturated/α-hetero) is 1. The number of aliphatic carboxylic acids is 1. The number of aryl methyl sites for hydroxylation is 2. The Hall–Kier alpha value is -3.56. The highest BCUT2D eigenvalue weighted by Crippen LogP contribution is 2.35. The van der Waals surface area contributed by atoms with E-state index >= 15 is 0 Å². The molecule has 8 nitrogen and oxygen atoms in total. The standard InChI is InChI=1S/C21H17N3O5S/c1-9-13-5-3-11(29-12-4-6-15-16(8-12)30-10(2)24-15)7-14(13)19(25)18(23-9)20(26)17(22)21(27)28/h3-8,17,25H,22H2,1-2H3,(H,27,28). The lowest BCUT2D eigenvalue weighted by Gasteiger charge is -2.13. The Morgan fingerprint density at radius 2 is 1.77 bits per heavy atom. The van der Waals surface area contributed by atoms with Gasteiger partial charge in [0, 0.05) is 22.5 Å². The molecule has 9 heteroatoms. The quantitative estimate of drug-likeness (QED) is 0.327. The number of carbonyl (C=O) groups excluding carboxylic acids is 1. The van der Waals surface area contributed by atoms with Crippen LogP contribution in [0.3, 0.4) is 0 Å². The first kappa shape index (κ1) is 19.7. The molecular weight excluding hydrogens is 406 g/mol. The van der Waals surface area contributed by atoms with E-state index in [-0.39, 0.29) is 5.69 Å². The molecule has 2 aromatic carbocycles. The fourth-order valence-corrected chi connectivity index (χ4v) is 4.01. The molecule has 0 saturated heterocycles. The van der Waals surface area contributed by atoms with E-state index < -0.39 is 23.5 Å². The zero-order valence-corrected chi connectivity index (χ0v) is 16.9. The number of carbonyl (C=O) groups is 2. The van der Waals surface area contributed by atoms with Gasteiger partial charge in [-0.15, -0.1) is 11.3 Å². The number of pyridine rings is 1. The Morgan fingerprint density at radius 3 is 2.50 bits per heavy atom. The van der Waals surface area contributed by atoms with Crippen molar-refractivity contribution < 1.29 is 24.5 Å². The number of benzene rings is 2. The van der Waals surface area contributed by atoms with Crippen LogP contribution >= 0.6 is 11.3 Å². The fraction of sp³-hybridized carbons (Fsp3) is 0.143. The number of carboxylic acids is 1. The van der Waals surface area contributed by atoms with Gasteiger partial charge in [0.2, 0.25) is 5.78 Å². The van der Waals surface area contributed by atoms with Crippen LogP contribution in [0.15, 0.2) is 36.4 Å². The summed E-state index contributed by atoms with van der Waals surface area (Å²) in [4.78, 5) is 31.9. The number of nitrogens with two attached hydrogens (primary N) is 1. The van der Waals surface area contributed by atoms with Crippen LogP contribution in [0, 0.1) is 13.8 Å². The molecular formula is C21H17N3O5S. The van der Waals surface area contributed by atoms with Crippen LogP contribution in [0.5, 0.6) is 17.2 Å². The van der Waals surface area contributed by atoms with Crippen molar-refractivity contribution in [2.45, 2.75) is 19.9 Å². The molecule has 30 heavy (non-hydrogen) atoms. The maximum atomic E-state index is 12.3. The van der Waals surface area contributed by atoms with E-state index in [9.17, 15) is 14.7 Å². The van der Waals surface area contributed by atoms with Gasteiger partial charge < -0.3 is 20.7 Å². The first-order chi connectivity index (χ1) is 14.2. The molecule has 0 aliphatic heterocycles. The van der Waals surface area contributed by atoms with Crippen molar-refractivity contribution >= 4 is 44.1 Å². The molecule has 1 atom stereocenters. The smallest absolute Gasteiger partial charge is 0.328 e. The largest absolute Gasteiger partial charge is 0.505 e. The lowest BCUT2D eigenvalue weighted by Crippen LogP contribution is -2.39. The van der Waals surface area contributed by atoms with Crippen molar-refractivity contribution in [2.75, 3.05) is 0 Å². The van der Waals surface area contributed by atoms with Gasteiger partial charge in [0.1, 0.15) is 11.5 Å². The van der Waals surface area contributed by atoms with Crippen molar-refractivity contribution in [2.24, 2.45) is 5.73 Å². The van der Waals surface area contributed by atoms with Gasteiger partial charge in [0.25, 0.3) is 0 Å². The molecule has 0 spiro atoms. The van der Waals surface area contributed by atoms with E-state index in [1.54, 1.807) is 42.5 Å². The van der Waals surface area contributed by atoms with Gasteiger partial charge in [-0.1, -0.05) is 0 Å². The van der Waals surface area contributed by atoms with E-state index in [1.807, 2.05) is 19.1 Å². The Kier molecular flexibility index (Phi) is 4.84. The lowest BCUT2D eigenvalue weighted by molar-refractivity contribution is -0.137.